The molecule has 1 amide bonds. The molecule has 98 valence electrons. The number of ether oxygens (including phenoxy) is 1. The van der Waals surface area contributed by atoms with Crippen molar-refractivity contribution in [1.29, 1.82) is 0 Å². The monoisotopic (exact) mass is 257 g/mol. The number of carbonyl (C=O) groups is 1. The molecular weight excluding hydrogens is 242 g/mol. The van der Waals surface area contributed by atoms with E-state index in [1.807, 2.05) is 30.3 Å². The number of amides is 1. The lowest BCUT2D eigenvalue weighted by molar-refractivity contribution is -0.114. The van der Waals surface area contributed by atoms with Crippen LogP contribution in [0.1, 0.15) is 6.92 Å². The summed E-state index contributed by atoms with van der Waals surface area (Å²) in [6, 6.07) is 12.4. The van der Waals surface area contributed by atoms with Crippen molar-refractivity contribution in [2.24, 2.45) is 0 Å². The number of phenolic OH excluding ortho intramolecular Hbond substituents is 1. The van der Waals surface area contributed by atoms with Crippen LogP contribution in [-0.4, -0.2) is 18.1 Å². The fourth-order valence-corrected chi connectivity index (χ4v) is 1.85. The van der Waals surface area contributed by atoms with Crippen LogP contribution in [0.3, 0.4) is 0 Å². The Hall–Kier alpha value is -2.49. The van der Waals surface area contributed by atoms with E-state index in [0.29, 0.717) is 11.4 Å². The minimum Gasteiger partial charge on any atom is -0.508 e. The molecular formula is C15H15NO3. The Bertz CT molecular complexity index is 608. The zero-order valence-corrected chi connectivity index (χ0v) is 10.8. The fourth-order valence-electron chi connectivity index (χ4n) is 1.85. The lowest BCUT2D eigenvalue weighted by Gasteiger charge is -2.08. The zero-order valence-electron chi connectivity index (χ0n) is 10.8. The molecule has 0 atom stereocenters. The van der Waals surface area contributed by atoms with Gasteiger partial charge in [-0.25, -0.2) is 0 Å². The third-order valence-corrected chi connectivity index (χ3v) is 2.64. The summed E-state index contributed by atoms with van der Waals surface area (Å²) >= 11 is 0. The van der Waals surface area contributed by atoms with Gasteiger partial charge in [0, 0.05) is 18.7 Å². The molecule has 0 aliphatic rings. The Kier molecular flexibility index (Phi) is 3.71. The van der Waals surface area contributed by atoms with Gasteiger partial charge < -0.3 is 15.2 Å². The number of rotatable bonds is 3. The minimum atomic E-state index is -0.120. The van der Waals surface area contributed by atoms with Crippen LogP contribution in [0.2, 0.25) is 0 Å². The normalized spacial score (nSPS) is 10.0. The highest BCUT2D eigenvalue weighted by molar-refractivity contribution is 5.89. The van der Waals surface area contributed by atoms with Gasteiger partial charge in [-0.3, -0.25) is 4.79 Å². The lowest BCUT2D eigenvalue weighted by atomic mass is 10.0. The molecule has 0 saturated heterocycles. The molecule has 19 heavy (non-hydrogen) atoms. The van der Waals surface area contributed by atoms with Gasteiger partial charge in [0.15, 0.2) is 0 Å². The van der Waals surface area contributed by atoms with Crippen molar-refractivity contribution < 1.29 is 14.6 Å². The summed E-state index contributed by atoms with van der Waals surface area (Å²) in [6.07, 6.45) is 0. The Morgan fingerprint density at radius 2 is 1.95 bits per heavy atom. The number of benzene rings is 2. The third kappa shape index (κ3) is 3.25. The molecule has 0 bridgehead atoms. The Balaban J connectivity index is 2.41. The number of nitrogens with one attached hydrogen (secondary N) is 1. The van der Waals surface area contributed by atoms with Gasteiger partial charge >= 0.3 is 0 Å². The second-order valence-corrected chi connectivity index (χ2v) is 4.18. The van der Waals surface area contributed by atoms with Gasteiger partial charge in [-0.05, 0) is 35.4 Å². The van der Waals surface area contributed by atoms with Gasteiger partial charge in [0.1, 0.15) is 11.5 Å². The van der Waals surface area contributed by atoms with Gasteiger partial charge in [0.05, 0.1) is 7.11 Å². The maximum absolute atomic E-state index is 11.0. The van der Waals surface area contributed by atoms with Crippen molar-refractivity contribution in [3.05, 3.63) is 42.5 Å². The summed E-state index contributed by atoms with van der Waals surface area (Å²) in [6.45, 7) is 1.46. The van der Waals surface area contributed by atoms with Crippen molar-refractivity contribution in [3.63, 3.8) is 0 Å². The van der Waals surface area contributed by atoms with Gasteiger partial charge in [-0.2, -0.15) is 0 Å². The maximum Gasteiger partial charge on any atom is 0.221 e. The summed E-state index contributed by atoms with van der Waals surface area (Å²) in [7, 11) is 1.55. The predicted octanol–water partition coefficient (Wildman–Crippen LogP) is 3.03. The highest BCUT2D eigenvalue weighted by atomic mass is 16.5. The minimum absolute atomic E-state index is 0.120. The number of hydrogen-bond donors (Lipinski definition) is 2. The molecule has 4 nitrogen and oxygen atoms in total. The number of aromatic hydroxyl groups is 1. The molecule has 2 rings (SSSR count). The third-order valence-electron chi connectivity index (χ3n) is 2.64. The quantitative estimate of drug-likeness (QED) is 0.888. The lowest BCUT2D eigenvalue weighted by Crippen LogP contribution is -2.05. The first-order valence-corrected chi connectivity index (χ1v) is 5.84. The molecule has 2 aromatic rings. The molecule has 2 aromatic carbocycles. The van der Waals surface area contributed by atoms with Crippen LogP contribution in [0.5, 0.6) is 11.5 Å². The molecule has 0 aromatic heterocycles. The number of methoxy groups -OCH3 is 1. The summed E-state index contributed by atoms with van der Waals surface area (Å²) in [5.74, 6) is 0.602. The second kappa shape index (κ2) is 5.44. The summed E-state index contributed by atoms with van der Waals surface area (Å²) in [4.78, 5) is 11.0. The zero-order chi connectivity index (χ0) is 13.8. The SMILES string of the molecule is COc1cc(O)cc(-c2cccc(NC(C)=O)c2)c1. The van der Waals surface area contributed by atoms with E-state index in [4.69, 9.17) is 4.74 Å². The maximum atomic E-state index is 11.0. The van der Waals surface area contributed by atoms with Crippen molar-refractivity contribution in [3.8, 4) is 22.6 Å². The van der Waals surface area contributed by atoms with Gasteiger partial charge in [-0.1, -0.05) is 12.1 Å². The van der Waals surface area contributed by atoms with Crippen molar-refractivity contribution in [2.75, 3.05) is 12.4 Å². The first-order chi connectivity index (χ1) is 9.08. The van der Waals surface area contributed by atoms with E-state index in [-0.39, 0.29) is 11.7 Å². The van der Waals surface area contributed by atoms with Crippen molar-refractivity contribution in [1.82, 2.24) is 0 Å². The van der Waals surface area contributed by atoms with Gasteiger partial charge in [-0.15, -0.1) is 0 Å². The topological polar surface area (TPSA) is 58.6 Å². The van der Waals surface area contributed by atoms with E-state index in [1.54, 1.807) is 19.2 Å². The van der Waals surface area contributed by atoms with Crippen LogP contribution in [0.25, 0.3) is 11.1 Å². The van der Waals surface area contributed by atoms with Crippen LogP contribution in [0, 0.1) is 0 Å². The van der Waals surface area contributed by atoms with Gasteiger partial charge in [0.25, 0.3) is 0 Å². The Morgan fingerprint density at radius 1 is 1.16 bits per heavy atom. The van der Waals surface area contributed by atoms with E-state index in [0.717, 1.165) is 11.1 Å². The fraction of sp³-hybridized carbons (Fsp3) is 0.133. The van der Waals surface area contributed by atoms with Crippen LogP contribution in [-0.2, 0) is 4.79 Å². The highest BCUT2D eigenvalue weighted by Gasteiger charge is 2.04. The first kappa shape index (κ1) is 13.0. The van der Waals surface area contributed by atoms with E-state index >= 15 is 0 Å². The number of phenols is 1. The van der Waals surface area contributed by atoms with Crippen molar-refractivity contribution >= 4 is 11.6 Å². The average Bonchev–Trinajstić information content (AvgIpc) is 2.37. The van der Waals surface area contributed by atoms with Crippen molar-refractivity contribution in [2.45, 2.75) is 6.92 Å². The molecule has 0 spiro atoms. The first-order valence-electron chi connectivity index (χ1n) is 5.84. The molecule has 0 radical (unpaired) electrons. The Labute approximate surface area is 111 Å². The van der Waals surface area contributed by atoms with E-state index in [2.05, 4.69) is 5.32 Å². The summed E-state index contributed by atoms with van der Waals surface area (Å²) in [5, 5.41) is 12.4. The van der Waals surface area contributed by atoms with E-state index in [1.165, 1.54) is 6.92 Å². The molecule has 0 heterocycles. The Morgan fingerprint density at radius 3 is 2.63 bits per heavy atom. The summed E-state index contributed by atoms with van der Waals surface area (Å²) < 4.78 is 5.12. The van der Waals surface area contributed by atoms with Crippen LogP contribution in [0.15, 0.2) is 42.5 Å². The average molecular weight is 257 g/mol. The molecule has 0 aliphatic heterocycles. The molecule has 0 fully saturated rings. The highest BCUT2D eigenvalue weighted by Crippen LogP contribution is 2.30. The number of anilines is 1. The van der Waals surface area contributed by atoms with Gasteiger partial charge in [0.2, 0.25) is 5.91 Å². The number of hydrogen-bond acceptors (Lipinski definition) is 3. The predicted molar refractivity (Wildman–Crippen MR) is 74.4 cm³/mol. The molecule has 0 saturated carbocycles. The molecule has 4 heteroatoms. The van der Waals surface area contributed by atoms with Crippen LogP contribution >= 0.6 is 0 Å². The number of carbonyl (C=O) groups excluding carboxylic acids is 1. The van der Waals surface area contributed by atoms with Crippen LogP contribution in [0.4, 0.5) is 5.69 Å². The molecule has 0 aliphatic carbocycles. The standard InChI is InChI=1S/C15H15NO3/c1-10(17)16-13-5-3-4-11(6-13)12-7-14(18)9-15(8-12)19-2/h3-9,18H,1-2H3,(H,16,17). The molecule has 2 N–H and O–H groups in total. The molecule has 0 unspecified atom stereocenters. The van der Waals surface area contributed by atoms with Crippen LogP contribution < -0.4 is 10.1 Å². The van der Waals surface area contributed by atoms with E-state index < -0.39 is 0 Å². The largest absolute Gasteiger partial charge is 0.508 e. The smallest absolute Gasteiger partial charge is 0.221 e. The second-order valence-electron chi connectivity index (χ2n) is 4.18. The van der Waals surface area contributed by atoms with E-state index in [9.17, 15) is 9.90 Å². The summed E-state index contributed by atoms with van der Waals surface area (Å²) in [5.41, 5.74) is 2.43.